The Bertz CT molecular complexity index is 640. The molecule has 0 N–H and O–H groups in total. The molecule has 0 aliphatic rings. The smallest absolute Gasteiger partial charge is 0.261 e. The van der Waals surface area contributed by atoms with Crippen molar-refractivity contribution in [2.45, 2.75) is 16.7 Å². The molecule has 0 radical (unpaired) electrons. The van der Waals surface area contributed by atoms with Gasteiger partial charge in [0.2, 0.25) is 10.0 Å². The maximum absolute atomic E-state index is 12.3. The number of methoxy groups -OCH3 is 1. The van der Waals surface area contributed by atoms with Gasteiger partial charge in [-0.05, 0) is 24.3 Å². The van der Waals surface area contributed by atoms with E-state index in [1.54, 1.807) is 6.92 Å². The minimum atomic E-state index is -3.86. The molecule has 0 amide bonds. The molecular formula is C11H16ClNO5S2. The highest BCUT2D eigenvalue weighted by atomic mass is 35.7. The van der Waals surface area contributed by atoms with Crippen molar-refractivity contribution in [3.05, 3.63) is 24.3 Å². The van der Waals surface area contributed by atoms with Gasteiger partial charge in [0, 0.05) is 30.9 Å². The standard InChI is InChI=1S/C11H16ClNO5S2/c1-3-13(8-9-18-2)20(16,17)11-6-4-10(5-7-11)19(12,14)15/h4-7H,3,8-9H2,1-2H3. The number of halogens is 1. The fourth-order valence-electron chi connectivity index (χ4n) is 1.56. The summed E-state index contributed by atoms with van der Waals surface area (Å²) in [5, 5.41) is 0. The molecule has 0 spiro atoms. The summed E-state index contributed by atoms with van der Waals surface area (Å²) in [5.41, 5.74) is 0. The summed E-state index contributed by atoms with van der Waals surface area (Å²) in [6.07, 6.45) is 0. The fraction of sp³-hybridized carbons (Fsp3) is 0.455. The van der Waals surface area contributed by atoms with E-state index in [2.05, 4.69) is 0 Å². The molecule has 0 atom stereocenters. The van der Waals surface area contributed by atoms with Gasteiger partial charge in [-0.1, -0.05) is 6.92 Å². The van der Waals surface area contributed by atoms with Gasteiger partial charge in [-0.3, -0.25) is 0 Å². The van der Waals surface area contributed by atoms with Gasteiger partial charge in [-0.15, -0.1) is 0 Å². The van der Waals surface area contributed by atoms with E-state index in [9.17, 15) is 16.8 Å². The number of ether oxygens (including phenoxy) is 1. The van der Waals surface area contributed by atoms with Crippen LogP contribution in [0.2, 0.25) is 0 Å². The summed E-state index contributed by atoms with van der Waals surface area (Å²) < 4.78 is 53.0. The van der Waals surface area contributed by atoms with E-state index in [-0.39, 0.29) is 22.9 Å². The van der Waals surface area contributed by atoms with Gasteiger partial charge in [0.05, 0.1) is 16.4 Å². The highest BCUT2D eigenvalue weighted by Gasteiger charge is 2.23. The van der Waals surface area contributed by atoms with E-state index in [0.29, 0.717) is 6.54 Å². The normalized spacial score (nSPS) is 12.8. The van der Waals surface area contributed by atoms with Crippen LogP contribution in [0.3, 0.4) is 0 Å². The third-order valence-electron chi connectivity index (χ3n) is 2.64. The van der Waals surface area contributed by atoms with Crippen LogP contribution >= 0.6 is 10.7 Å². The Morgan fingerprint density at radius 3 is 2.00 bits per heavy atom. The minimum absolute atomic E-state index is 0.0134. The SMILES string of the molecule is CCN(CCOC)S(=O)(=O)c1ccc(S(=O)(=O)Cl)cc1. The van der Waals surface area contributed by atoms with E-state index < -0.39 is 19.1 Å². The summed E-state index contributed by atoms with van der Waals surface area (Å²) in [4.78, 5) is -0.127. The zero-order valence-electron chi connectivity index (χ0n) is 11.1. The average Bonchev–Trinajstić information content (AvgIpc) is 2.38. The first-order valence-corrected chi connectivity index (χ1v) is 9.52. The van der Waals surface area contributed by atoms with Gasteiger partial charge in [-0.2, -0.15) is 4.31 Å². The highest BCUT2D eigenvalue weighted by molar-refractivity contribution is 8.13. The van der Waals surface area contributed by atoms with Crippen molar-refractivity contribution in [1.29, 1.82) is 0 Å². The molecule has 0 heterocycles. The number of benzene rings is 1. The van der Waals surface area contributed by atoms with Gasteiger partial charge in [0.25, 0.3) is 9.05 Å². The second kappa shape index (κ2) is 6.86. The number of sulfonamides is 1. The Balaban J connectivity index is 3.09. The van der Waals surface area contributed by atoms with E-state index in [1.807, 2.05) is 0 Å². The Morgan fingerprint density at radius 2 is 1.60 bits per heavy atom. The molecule has 0 fully saturated rings. The Hall–Kier alpha value is -0.670. The molecule has 9 heteroatoms. The summed E-state index contributed by atoms with van der Waals surface area (Å²) in [6, 6.07) is 4.78. The van der Waals surface area contributed by atoms with Crippen LogP contribution in [0.5, 0.6) is 0 Å². The summed E-state index contributed by atoms with van der Waals surface area (Å²) in [7, 11) is -0.865. The Labute approximate surface area is 123 Å². The first-order chi connectivity index (χ1) is 9.23. The Morgan fingerprint density at radius 1 is 1.10 bits per heavy atom. The van der Waals surface area contributed by atoms with Crippen molar-refractivity contribution < 1.29 is 21.6 Å². The fourth-order valence-corrected chi connectivity index (χ4v) is 3.77. The first-order valence-electron chi connectivity index (χ1n) is 5.77. The molecule has 0 bridgehead atoms. The van der Waals surface area contributed by atoms with Crippen LogP contribution in [0.25, 0.3) is 0 Å². The molecule has 0 saturated heterocycles. The monoisotopic (exact) mass is 341 g/mol. The highest BCUT2D eigenvalue weighted by Crippen LogP contribution is 2.20. The van der Waals surface area contributed by atoms with Crippen LogP contribution in [0.1, 0.15) is 6.92 Å². The molecule has 0 aliphatic carbocycles. The van der Waals surface area contributed by atoms with Gasteiger partial charge >= 0.3 is 0 Å². The molecule has 0 aliphatic heterocycles. The van der Waals surface area contributed by atoms with Gasteiger partial charge < -0.3 is 4.74 Å². The Kier molecular flexibility index (Phi) is 5.96. The van der Waals surface area contributed by atoms with Gasteiger partial charge in [0.1, 0.15) is 0 Å². The number of hydrogen-bond donors (Lipinski definition) is 0. The second-order valence-corrected chi connectivity index (χ2v) is 8.40. The molecule has 0 saturated carbocycles. The van der Waals surface area contributed by atoms with Gasteiger partial charge in [-0.25, -0.2) is 16.8 Å². The number of hydrogen-bond acceptors (Lipinski definition) is 5. The topological polar surface area (TPSA) is 80.8 Å². The van der Waals surface area contributed by atoms with Crippen molar-refractivity contribution in [1.82, 2.24) is 4.31 Å². The molecule has 0 aromatic heterocycles. The second-order valence-electron chi connectivity index (χ2n) is 3.90. The van der Waals surface area contributed by atoms with Crippen molar-refractivity contribution in [2.24, 2.45) is 0 Å². The van der Waals surface area contributed by atoms with Crippen molar-refractivity contribution in [2.75, 3.05) is 26.8 Å². The van der Waals surface area contributed by atoms with Crippen molar-refractivity contribution >= 4 is 29.8 Å². The van der Waals surface area contributed by atoms with E-state index in [4.69, 9.17) is 15.4 Å². The van der Waals surface area contributed by atoms with Crippen LogP contribution < -0.4 is 0 Å². The lowest BCUT2D eigenvalue weighted by Crippen LogP contribution is -2.33. The predicted octanol–water partition coefficient (Wildman–Crippen LogP) is 1.27. The lowest BCUT2D eigenvalue weighted by molar-refractivity contribution is 0.180. The number of likely N-dealkylation sites (N-methyl/N-ethyl adjacent to an activating group) is 1. The maximum atomic E-state index is 12.3. The lowest BCUT2D eigenvalue weighted by atomic mass is 10.4. The van der Waals surface area contributed by atoms with Crippen LogP contribution in [0.4, 0.5) is 0 Å². The van der Waals surface area contributed by atoms with Crippen molar-refractivity contribution in [3.8, 4) is 0 Å². The molecule has 1 rings (SSSR count). The third-order valence-corrected chi connectivity index (χ3v) is 6.00. The van der Waals surface area contributed by atoms with Crippen LogP contribution in [0.15, 0.2) is 34.1 Å². The maximum Gasteiger partial charge on any atom is 0.261 e. The zero-order chi connectivity index (χ0) is 15.4. The summed E-state index contributed by atoms with van der Waals surface area (Å²) >= 11 is 0. The molecule has 114 valence electrons. The van der Waals surface area contributed by atoms with E-state index >= 15 is 0 Å². The first kappa shape index (κ1) is 17.4. The quantitative estimate of drug-likeness (QED) is 0.698. The van der Waals surface area contributed by atoms with E-state index in [0.717, 1.165) is 0 Å². The van der Waals surface area contributed by atoms with E-state index in [1.165, 1.54) is 35.7 Å². The largest absolute Gasteiger partial charge is 0.383 e. The van der Waals surface area contributed by atoms with Gasteiger partial charge in [0.15, 0.2) is 0 Å². The molecule has 20 heavy (non-hydrogen) atoms. The molecule has 1 aromatic carbocycles. The lowest BCUT2D eigenvalue weighted by Gasteiger charge is -2.20. The average molecular weight is 342 g/mol. The van der Waals surface area contributed by atoms with Crippen LogP contribution in [0, 0.1) is 0 Å². The summed E-state index contributed by atoms with van der Waals surface area (Å²) in [6.45, 7) is 2.51. The van der Waals surface area contributed by atoms with Crippen LogP contribution in [-0.4, -0.2) is 47.9 Å². The number of nitrogens with zero attached hydrogens (tertiary/aromatic N) is 1. The molecule has 0 unspecified atom stereocenters. The number of rotatable bonds is 7. The van der Waals surface area contributed by atoms with Crippen molar-refractivity contribution in [3.63, 3.8) is 0 Å². The molecule has 1 aromatic rings. The predicted molar refractivity (Wildman–Crippen MR) is 75.8 cm³/mol. The molecular weight excluding hydrogens is 326 g/mol. The van der Waals surface area contributed by atoms with Crippen LogP contribution in [-0.2, 0) is 23.8 Å². The molecule has 6 nitrogen and oxygen atoms in total. The minimum Gasteiger partial charge on any atom is -0.383 e. The summed E-state index contributed by atoms with van der Waals surface area (Å²) in [5.74, 6) is 0. The third kappa shape index (κ3) is 4.16. The zero-order valence-corrected chi connectivity index (χ0v) is 13.5.